The molecule has 0 radical (unpaired) electrons. The molecule has 24 heavy (non-hydrogen) atoms. The molecule has 2 heterocycles. The van der Waals surface area contributed by atoms with Gasteiger partial charge in [0.1, 0.15) is 15.8 Å². The number of hydrogen-bond donors (Lipinski definition) is 1. The van der Waals surface area contributed by atoms with Crippen molar-refractivity contribution >= 4 is 46.3 Å². The Morgan fingerprint density at radius 2 is 2.12 bits per heavy atom. The van der Waals surface area contributed by atoms with Gasteiger partial charge in [-0.15, -0.1) is 0 Å². The van der Waals surface area contributed by atoms with E-state index in [4.69, 9.17) is 21.4 Å². The highest BCUT2D eigenvalue weighted by Gasteiger charge is 2.22. The van der Waals surface area contributed by atoms with Gasteiger partial charge in [0.2, 0.25) is 0 Å². The van der Waals surface area contributed by atoms with Gasteiger partial charge < -0.3 is 14.5 Å². The lowest BCUT2D eigenvalue weighted by Gasteiger charge is -2.07. The number of rotatable bonds is 3. The highest BCUT2D eigenvalue weighted by Crippen LogP contribution is 2.31. The van der Waals surface area contributed by atoms with Gasteiger partial charge in [0.15, 0.2) is 0 Å². The maximum absolute atomic E-state index is 11.8. The normalized spacial score (nSPS) is 15.7. The number of carbonyl (C=O) groups is 2. The van der Waals surface area contributed by atoms with Crippen molar-refractivity contribution < 1.29 is 18.7 Å². The number of benzene rings is 1. The third-order valence-corrected chi connectivity index (χ3v) is 4.71. The molecule has 2 aromatic rings. The number of hydrogen-bond acceptors (Lipinski definition) is 6. The van der Waals surface area contributed by atoms with E-state index in [0.29, 0.717) is 26.3 Å². The van der Waals surface area contributed by atoms with Crippen LogP contribution in [0.1, 0.15) is 21.7 Å². The molecule has 3 rings (SSSR count). The zero-order chi connectivity index (χ0) is 17.3. The lowest BCUT2D eigenvalue weighted by atomic mass is 10.0. The summed E-state index contributed by atoms with van der Waals surface area (Å²) < 4.78 is 11.0. The van der Waals surface area contributed by atoms with Gasteiger partial charge in [0, 0.05) is 11.6 Å². The molecule has 0 unspecified atom stereocenters. The summed E-state index contributed by atoms with van der Waals surface area (Å²) in [5.74, 6) is 0.522. The van der Waals surface area contributed by atoms with Crippen LogP contribution in [0, 0.1) is 6.92 Å². The second-order valence-electron chi connectivity index (χ2n) is 5.02. The van der Waals surface area contributed by atoms with Gasteiger partial charge >= 0.3 is 5.97 Å². The number of carbonyl (C=O) groups excluding carboxylic acids is 2. The molecule has 1 aromatic carbocycles. The molecule has 0 spiro atoms. The second kappa shape index (κ2) is 6.62. The van der Waals surface area contributed by atoms with E-state index >= 15 is 0 Å². The van der Waals surface area contributed by atoms with E-state index < -0.39 is 5.97 Å². The van der Waals surface area contributed by atoms with E-state index in [2.05, 4.69) is 5.32 Å². The Hall–Kier alpha value is -2.38. The number of thioether (sulfide) groups is 1. The predicted octanol–water partition coefficient (Wildman–Crippen LogP) is 3.53. The Balaban J connectivity index is 1.94. The summed E-state index contributed by atoms with van der Waals surface area (Å²) in [7, 11) is 1.35. The van der Waals surface area contributed by atoms with Gasteiger partial charge in [-0.05, 0) is 30.7 Å². The highest BCUT2D eigenvalue weighted by molar-refractivity contribution is 8.26. The summed E-state index contributed by atoms with van der Waals surface area (Å²) >= 11 is 6.15. The summed E-state index contributed by atoms with van der Waals surface area (Å²) in [5.41, 5.74) is 2.05. The summed E-state index contributed by atoms with van der Waals surface area (Å²) in [5, 5.41) is 2.56. The first-order valence-corrected chi connectivity index (χ1v) is 8.25. The Morgan fingerprint density at radius 3 is 2.79 bits per heavy atom. The number of furan rings is 1. The number of amides is 1. The van der Waals surface area contributed by atoms with Crippen molar-refractivity contribution in [1.29, 1.82) is 0 Å². The lowest BCUT2D eigenvalue weighted by Crippen LogP contribution is -2.17. The molecule has 0 atom stereocenters. The van der Waals surface area contributed by atoms with Crippen molar-refractivity contribution in [3.05, 3.63) is 52.1 Å². The molecule has 1 amide bonds. The van der Waals surface area contributed by atoms with E-state index in [-0.39, 0.29) is 5.91 Å². The third kappa shape index (κ3) is 3.13. The Kier molecular flexibility index (Phi) is 4.55. The van der Waals surface area contributed by atoms with Crippen molar-refractivity contribution in [3.8, 4) is 11.3 Å². The number of ether oxygens (including phenoxy) is 1. The molecular formula is C17H13NO4S2. The molecule has 0 bridgehead atoms. The van der Waals surface area contributed by atoms with Crippen LogP contribution in [0.2, 0.25) is 0 Å². The van der Waals surface area contributed by atoms with Crippen molar-refractivity contribution in [2.45, 2.75) is 6.92 Å². The molecule has 0 aliphatic carbocycles. The highest BCUT2D eigenvalue weighted by atomic mass is 32.2. The fourth-order valence-electron chi connectivity index (χ4n) is 2.36. The number of esters is 1. The van der Waals surface area contributed by atoms with E-state index in [0.717, 1.165) is 11.1 Å². The van der Waals surface area contributed by atoms with Gasteiger partial charge in [0.25, 0.3) is 5.91 Å². The van der Waals surface area contributed by atoms with Crippen molar-refractivity contribution in [2.24, 2.45) is 0 Å². The van der Waals surface area contributed by atoms with Crippen LogP contribution in [0.15, 0.2) is 39.7 Å². The summed E-state index contributed by atoms with van der Waals surface area (Å²) in [6.07, 6.45) is 1.64. The van der Waals surface area contributed by atoms with Crippen LogP contribution >= 0.6 is 24.0 Å². The van der Waals surface area contributed by atoms with Gasteiger partial charge in [0.05, 0.1) is 17.6 Å². The molecule has 1 aliphatic rings. The lowest BCUT2D eigenvalue weighted by molar-refractivity contribution is -0.115. The molecule has 1 saturated heterocycles. The van der Waals surface area contributed by atoms with Gasteiger partial charge in [-0.25, -0.2) is 4.79 Å². The van der Waals surface area contributed by atoms with Crippen LogP contribution in [0.3, 0.4) is 0 Å². The first kappa shape index (κ1) is 16.5. The van der Waals surface area contributed by atoms with Crippen LogP contribution in [0.5, 0.6) is 0 Å². The maximum atomic E-state index is 11.8. The topological polar surface area (TPSA) is 68.5 Å². The summed E-state index contributed by atoms with van der Waals surface area (Å²) in [6, 6.07) is 8.90. The van der Waals surface area contributed by atoms with E-state index in [1.165, 1.54) is 18.9 Å². The SMILES string of the molecule is COC(=O)c1cccc(-c2ccc(/C=C3\SC(=S)NC3=O)o2)c1C. The van der Waals surface area contributed by atoms with Gasteiger partial charge in [-0.3, -0.25) is 4.79 Å². The Labute approximate surface area is 148 Å². The minimum Gasteiger partial charge on any atom is -0.465 e. The third-order valence-electron chi connectivity index (χ3n) is 3.55. The van der Waals surface area contributed by atoms with Gasteiger partial charge in [-0.2, -0.15) is 0 Å². The van der Waals surface area contributed by atoms with Crippen LogP contribution in [-0.2, 0) is 9.53 Å². The van der Waals surface area contributed by atoms with Crippen LogP contribution in [-0.4, -0.2) is 23.3 Å². The van der Waals surface area contributed by atoms with Gasteiger partial charge in [-0.1, -0.05) is 36.1 Å². The molecule has 1 N–H and O–H groups in total. The molecule has 0 saturated carbocycles. The number of nitrogens with one attached hydrogen (secondary N) is 1. The summed E-state index contributed by atoms with van der Waals surface area (Å²) in [4.78, 5) is 24.0. The van der Waals surface area contributed by atoms with Crippen LogP contribution < -0.4 is 5.32 Å². The molecule has 122 valence electrons. The molecule has 5 nitrogen and oxygen atoms in total. The molecule has 1 fully saturated rings. The van der Waals surface area contributed by atoms with E-state index in [1.54, 1.807) is 30.3 Å². The summed E-state index contributed by atoms with van der Waals surface area (Å²) in [6.45, 7) is 1.83. The van der Waals surface area contributed by atoms with Crippen molar-refractivity contribution in [1.82, 2.24) is 5.32 Å². The number of methoxy groups -OCH3 is 1. The standard InChI is InChI=1S/C17H13NO4S2/c1-9-11(4-3-5-12(9)16(20)21-2)13-7-6-10(22-13)8-14-15(19)18-17(23)24-14/h3-8H,1-2H3,(H,18,19,23)/b14-8-. The minimum atomic E-state index is -0.393. The second-order valence-corrected chi connectivity index (χ2v) is 6.74. The predicted molar refractivity (Wildman–Crippen MR) is 96.5 cm³/mol. The van der Waals surface area contributed by atoms with E-state index in [9.17, 15) is 9.59 Å². The maximum Gasteiger partial charge on any atom is 0.338 e. The first-order valence-electron chi connectivity index (χ1n) is 7.02. The molecule has 1 aromatic heterocycles. The smallest absolute Gasteiger partial charge is 0.338 e. The van der Waals surface area contributed by atoms with E-state index in [1.807, 2.05) is 13.0 Å². The zero-order valence-electron chi connectivity index (χ0n) is 12.9. The quantitative estimate of drug-likeness (QED) is 0.514. The van der Waals surface area contributed by atoms with Crippen LogP contribution in [0.25, 0.3) is 17.4 Å². The largest absolute Gasteiger partial charge is 0.465 e. The average molecular weight is 359 g/mol. The van der Waals surface area contributed by atoms with Crippen molar-refractivity contribution in [2.75, 3.05) is 7.11 Å². The Bertz CT molecular complexity index is 882. The molecular weight excluding hydrogens is 346 g/mol. The first-order chi connectivity index (χ1) is 11.5. The average Bonchev–Trinajstić information content (AvgIpc) is 3.14. The fraction of sp³-hybridized carbons (Fsp3) is 0.118. The molecule has 1 aliphatic heterocycles. The molecule has 7 heteroatoms. The Morgan fingerprint density at radius 1 is 1.33 bits per heavy atom. The van der Waals surface area contributed by atoms with Crippen molar-refractivity contribution in [3.63, 3.8) is 0 Å². The minimum absolute atomic E-state index is 0.230. The number of thiocarbonyl (C=S) groups is 1. The van der Waals surface area contributed by atoms with Crippen LogP contribution in [0.4, 0.5) is 0 Å². The monoisotopic (exact) mass is 359 g/mol. The zero-order valence-corrected chi connectivity index (χ0v) is 14.5. The fourth-order valence-corrected chi connectivity index (χ4v) is 3.38.